The SMILES string of the molecule is O=C(NCc1cccnc1N1CCOCC1)c1cnc2ccccc2n1. The maximum atomic E-state index is 12.5. The van der Waals surface area contributed by atoms with Crippen LogP contribution in [0.4, 0.5) is 5.82 Å². The summed E-state index contributed by atoms with van der Waals surface area (Å²) in [5.41, 5.74) is 2.75. The van der Waals surface area contributed by atoms with E-state index in [-0.39, 0.29) is 5.91 Å². The molecular formula is C19H19N5O2. The lowest BCUT2D eigenvalue weighted by Crippen LogP contribution is -2.37. The number of rotatable bonds is 4. The first-order valence-corrected chi connectivity index (χ1v) is 8.58. The van der Waals surface area contributed by atoms with Gasteiger partial charge in [0.2, 0.25) is 0 Å². The van der Waals surface area contributed by atoms with E-state index in [0.717, 1.165) is 30.0 Å². The summed E-state index contributed by atoms with van der Waals surface area (Å²) in [6.07, 6.45) is 3.27. The molecule has 0 aliphatic carbocycles. The number of amides is 1. The summed E-state index contributed by atoms with van der Waals surface area (Å²) in [4.78, 5) is 27.8. The van der Waals surface area contributed by atoms with Crippen LogP contribution in [0.25, 0.3) is 11.0 Å². The number of aromatic nitrogens is 3. The molecule has 0 unspecified atom stereocenters. The van der Waals surface area contributed by atoms with Gasteiger partial charge in [0.05, 0.1) is 30.4 Å². The van der Waals surface area contributed by atoms with Crippen molar-refractivity contribution in [2.24, 2.45) is 0 Å². The second-order valence-corrected chi connectivity index (χ2v) is 6.01. The van der Waals surface area contributed by atoms with Gasteiger partial charge in [-0.1, -0.05) is 18.2 Å². The average Bonchev–Trinajstić information content (AvgIpc) is 2.72. The highest BCUT2D eigenvalue weighted by molar-refractivity contribution is 5.93. The van der Waals surface area contributed by atoms with Crippen LogP contribution in [-0.4, -0.2) is 47.2 Å². The molecule has 7 nitrogen and oxygen atoms in total. The number of morpholine rings is 1. The minimum atomic E-state index is -0.250. The Morgan fingerprint density at radius 3 is 2.73 bits per heavy atom. The Labute approximate surface area is 151 Å². The molecule has 1 amide bonds. The highest BCUT2D eigenvalue weighted by Gasteiger charge is 2.16. The van der Waals surface area contributed by atoms with Gasteiger partial charge in [-0.15, -0.1) is 0 Å². The van der Waals surface area contributed by atoms with Crippen LogP contribution in [0, 0.1) is 0 Å². The summed E-state index contributed by atoms with van der Waals surface area (Å²) in [6.45, 7) is 3.36. The minimum Gasteiger partial charge on any atom is -0.378 e. The third kappa shape index (κ3) is 3.48. The van der Waals surface area contributed by atoms with Gasteiger partial charge in [0, 0.05) is 31.4 Å². The zero-order valence-corrected chi connectivity index (χ0v) is 14.3. The predicted octanol–water partition coefficient (Wildman–Crippen LogP) is 1.79. The van der Waals surface area contributed by atoms with Crippen molar-refractivity contribution < 1.29 is 9.53 Å². The fourth-order valence-electron chi connectivity index (χ4n) is 2.96. The van der Waals surface area contributed by atoms with E-state index in [1.807, 2.05) is 36.4 Å². The van der Waals surface area contributed by atoms with Gasteiger partial charge in [0.25, 0.3) is 5.91 Å². The van der Waals surface area contributed by atoms with E-state index < -0.39 is 0 Å². The zero-order valence-electron chi connectivity index (χ0n) is 14.3. The Hall–Kier alpha value is -3.06. The molecule has 1 N–H and O–H groups in total. The van der Waals surface area contributed by atoms with Crippen molar-refractivity contribution >= 4 is 22.8 Å². The molecule has 7 heteroatoms. The van der Waals surface area contributed by atoms with Crippen molar-refractivity contribution in [1.82, 2.24) is 20.3 Å². The summed E-state index contributed by atoms with van der Waals surface area (Å²) in [7, 11) is 0. The van der Waals surface area contributed by atoms with Crippen molar-refractivity contribution in [2.45, 2.75) is 6.54 Å². The molecule has 3 aromatic rings. The Morgan fingerprint density at radius 2 is 1.88 bits per heavy atom. The molecule has 1 aromatic carbocycles. The van der Waals surface area contributed by atoms with Gasteiger partial charge in [0.15, 0.2) is 0 Å². The first-order valence-electron chi connectivity index (χ1n) is 8.58. The summed E-state index contributed by atoms with van der Waals surface area (Å²) in [5.74, 6) is 0.640. The molecular weight excluding hydrogens is 330 g/mol. The van der Waals surface area contributed by atoms with Gasteiger partial charge in [-0.3, -0.25) is 9.78 Å². The Kier molecular flexibility index (Phi) is 4.70. The van der Waals surface area contributed by atoms with Crippen LogP contribution in [0.3, 0.4) is 0 Å². The smallest absolute Gasteiger partial charge is 0.271 e. The maximum absolute atomic E-state index is 12.5. The molecule has 1 saturated heterocycles. The van der Waals surface area contributed by atoms with Gasteiger partial charge in [-0.25, -0.2) is 9.97 Å². The van der Waals surface area contributed by atoms with E-state index in [0.29, 0.717) is 31.0 Å². The van der Waals surface area contributed by atoms with Crippen LogP contribution in [-0.2, 0) is 11.3 Å². The maximum Gasteiger partial charge on any atom is 0.271 e. The molecule has 0 radical (unpaired) electrons. The highest BCUT2D eigenvalue weighted by atomic mass is 16.5. The standard InChI is InChI=1S/C19H19N5O2/c25-19(17-13-21-15-5-1-2-6-16(15)23-17)22-12-14-4-3-7-20-18(14)24-8-10-26-11-9-24/h1-7,13H,8-12H2,(H,22,25). The Morgan fingerprint density at radius 1 is 1.08 bits per heavy atom. The molecule has 3 heterocycles. The van der Waals surface area contributed by atoms with Crippen LogP contribution < -0.4 is 10.2 Å². The molecule has 1 fully saturated rings. The van der Waals surface area contributed by atoms with Crippen molar-refractivity contribution in [3.05, 3.63) is 60.0 Å². The fraction of sp³-hybridized carbons (Fsp3) is 0.263. The molecule has 0 atom stereocenters. The first kappa shape index (κ1) is 16.4. The normalized spacial score (nSPS) is 14.4. The van der Waals surface area contributed by atoms with Crippen molar-refractivity contribution in [3.8, 4) is 0 Å². The number of nitrogens with zero attached hydrogens (tertiary/aromatic N) is 4. The lowest BCUT2D eigenvalue weighted by Gasteiger charge is -2.29. The Balaban J connectivity index is 1.48. The van der Waals surface area contributed by atoms with Crippen LogP contribution in [0.2, 0.25) is 0 Å². The van der Waals surface area contributed by atoms with Crippen LogP contribution >= 0.6 is 0 Å². The number of hydrogen-bond donors (Lipinski definition) is 1. The minimum absolute atomic E-state index is 0.250. The van der Waals surface area contributed by atoms with E-state index in [1.54, 1.807) is 6.20 Å². The Bertz CT molecular complexity index is 924. The molecule has 1 aliphatic rings. The van der Waals surface area contributed by atoms with Crippen molar-refractivity contribution in [3.63, 3.8) is 0 Å². The predicted molar refractivity (Wildman–Crippen MR) is 98.0 cm³/mol. The number of ether oxygens (including phenoxy) is 1. The lowest BCUT2D eigenvalue weighted by molar-refractivity contribution is 0.0945. The number of pyridine rings is 1. The molecule has 4 rings (SSSR count). The monoisotopic (exact) mass is 349 g/mol. The largest absolute Gasteiger partial charge is 0.378 e. The number of benzene rings is 1. The zero-order chi connectivity index (χ0) is 17.8. The molecule has 0 saturated carbocycles. The number of anilines is 1. The van der Waals surface area contributed by atoms with E-state index in [4.69, 9.17) is 4.74 Å². The summed E-state index contributed by atoms with van der Waals surface area (Å²) in [5, 5.41) is 2.92. The quantitative estimate of drug-likeness (QED) is 0.773. The highest BCUT2D eigenvalue weighted by Crippen LogP contribution is 2.18. The second kappa shape index (κ2) is 7.45. The lowest BCUT2D eigenvalue weighted by atomic mass is 10.2. The topological polar surface area (TPSA) is 80.2 Å². The number of para-hydroxylation sites is 2. The van der Waals surface area contributed by atoms with Gasteiger partial charge in [0.1, 0.15) is 11.5 Å². The number of nitrogens with one attached hydrogen (secondary N) is 1. The fourth-order valence-corrected chi connectivity index (χ4v) is 2.96. The number of hydrogen-bond acceptors (Lipinski definition) is 6. The molecule has 132 valence electrons. The number of carbonyl (C=O) groups excluding carboxylic acids is 1. The van der Waals surface area contributed by atoms with Crippen molar-refractivity contribution in [1.29, 1.82) is 0 Å². The van der Waals surface area contributed by atoms with Gasteiger partial charge in [-0.2, -0.15) is 0 Å². The molecule has 0 bridgehead atoms. The summed E-state index contributed by atoms with van der Waals surface area (Å²) >= 11 is 0. The molecule has 26 heavy (non-hydrogen) atoms. The van der Waals surface area contributed by atoms with E-state index in [9.17, 15) is 4.79 Å². The van der Waals surface area contributed by atoms with E-state index in [1.165, 1.54) is 6.20 Å². The third-order valence-electron chi connectivity index (χ3n) is 4.30. The first-order chi connectivity index (χ1) is 12.8. The number of carbonyl (C=O) groups is 1. The van der Waals surface area contributed by atoms with E-state index >= 15 is 0 Å². The summed E-state index contributed by atoms with van der Waals surface area (Å²) < 4.78 is 5.40. The van der Waals surface area contributed by atoms with Gasteiger partial charge < -0.3 is 15.0 Å². The summed E-state index contributed by atoms with van der Waals surface area (Å²) in [6, 6.07) is 11.3. The van der Waals surface area contributed by atoms with Crippen LogP contribution in [0.15, 0.2) is 48.8 Å². The average molecular weight is 349 g/mol. The van der Waals surface area contributed by atoms with Crippen LogP contribution in [0.5, 0.6) is 0 Å². The molecule has 2 aromatic heterocycles. The molecule has 1 aliphatic heterocycles. The third-order valence-corrected chi connectivity index (χ3v) is 4.30. The van der Waals surface area contributed by atoms with Gasteiger partial charge >= 0.3 is 0 Å². The number of fused-ring (bicyclic) bond motifs is 1. The van der Waals surface area contributed by atoms with E-state index in [2.05, 4.69) is 25.2 Å². The molecule has 0 spiro atoms. The van der Waals surface area contributed by atoms with Crippen molar-refractivity contribution in [2.75, 3.05) is 31.2 Å². The van der Waals surface area contributed by atoms with Gasteiger partial charge in [-0.05, 0) is 18.2 Å². The van der Waals surface area contributed by atoms with Crippen LogP contribution in [0.1, 0.15) is 16.1 Å². The second-order valence-electron chi connectivity index (χ2n) is 6.01.